The quantitative estimate of drug-likeness (QED) is 0.599. The fourth-order valence-corrected chi connectivity index (χ4v) is 0.816. The summed E-state index contributed by atoms with van der Waals surface area (Å²) in [6, 6.07) is 0. The van der Waals surface area contributed by atoms with Gasteiger partial charge in [0.2, 0.25) is 0 Å². The van der Waals surface area contributed by atoms with Crippen molar-refractivity contribution in [1.82, 2.24) is 0 Å². The highest BCUT2D eigenvalue weighted by molar-refractivity contribution is 7.78. The standard InChI is InChI=1S/C7H12O2S2/c1-6(2)7(9-5-11)3-8-4-10/h4-7H,3H2,1-2H3. The molecule has 0 bridgehead atoms. The maximum absolute atomic E-state index is 5.10. The molecule has 0 saturated heterocycles. The topological polar surface area (TPSA) is 18.5 Å². The number of ether oxygens (including phenoxy) is 2. The van der Waals surface area contributed by atoms with E-state index < -0.39 is 0 Å². The van der Waals surface area contributed by atoms with Gasteiger partial charge in [-0.15, -0.1) is 0 Å². The van der Waals surface area contributed by atoms with Crippen molar-refractivity contribution in [2.24, 2.45) is 5.92 Å². The molecule has 0 aliphatic heterocycles. The van der Waals surface area contributed by atoms with Crippen molar-refractivity contribution < 1.29 is 9.47 Å². The fraction of sp³-hybridized carbons (Fsp3) is 0.714. The van der Waals surface area contributed by atoms with Gasteiger partial charge in [-0.2, -0.15) is 0 Å². The Balaban J connectivity index is 3.68. The molecule has 0 aromatic heterocycles. The van der Waals surface area contributed by atoms with Gasteiger partial charge in [-0.1, -0.05) is 13.8 Å². The normalized spacial score (nSPS) is 12.3. The Morgan fingerprint density at radius 1 is 1.27 bits per heavy atom. The zero-order chi connectivity index (χ0) is 8.69. The molecule has 2 nitrogen and oxygen atoms in total. The third kappa shape index (κ3) is 5.09. The van der Waals surface area contributed by atoms with Crippen LogP contribution >= 0.6 is 24.4 Å². The molecule has 64 valence electrons. The zero-order valence-electron chi connectivity index (χ0n) is 6.65. The third-order valence-corrected chi connectivity index (χ3v) is 1.55. The second-order valence-electron chi connectivity index (χ2n) is 2.44. The van der Waals surface area contributed by atoms with Gasteiger partial charge >= 0.3 is 0 Å². The van der Waals surface area contributed by atoms with Crippen LogP contribution in [0.2, 0.25) is 0 Å². The first-order valence-corrected chi connectivity index (χ1v) is 4.31. The summed E-state index contributed by atoms with van der Waals surface area (Å²) in [5.74, 6) is 0.379. The summed E-state index contributed by atoms with van der Waals surface area (Å²) >= 11 is 9.06. The Morgan fingerprint density at radius 3 is 2.27 bits per heavy atom. The first kappa shape index (κ1) is 10.8. The van der Waals surface area contributed by atoms with Crippen molar-refractivity contribution in [2.75, 3.05) is 6.61 Å². The third-order valence-electron chi connectivity index (χ3n) is 1.30. The second-order valence-corrected chi connectivity index (χ2v) is 2.83. The molecule has 0 heterocycles. The van der Waals surface area contributed by atoms with Crippen LogP contribution in [0.1, 0.15) is 13.8 Å². The highest BCUT2D eigenvalue weighted by atomic mass is 32.1. The number of thiocarbonyl (C=S) groups is 2. The lowest BCUT2D eigenvalue weighted by Gasteiger charge is -2.18. The predicted octanol–water partition coefficient (Wildman–Crippen LogP) is 1.96. The van der Waals surface area contributed by atoms with Gasteiger partial charge in [0.15, 0.2) is 0 Å². The number of rotatable bonds is 6. The van der Waals surface area contributed by atoms with E-state index in [0.29, 0.717) is 12.5 Å². The molecule has 0 N–H and O–H groups in total. The van der Waals surface area contributed by atoms with Gasteiger partial charge in [0, 0.05) is 0 Å². The molecule has 0 saturated carbocycles. The van der Waals surface area contributed by atoms with Crippen molar-refractivity contribution >= 4 is 35.5 Å². The molecule has 4 heteroatoms. The monoisotopic (exact) mass is 192 g/mol. The summed E-state index contributed by atoms with van der Waals surface area (Å²) in [5, 5.41) is 0. The Labute approximate surface area is 77.9 Å². The molecular weight excluding hydrogens is 180 g/mol. The van der Waals surface area contributed by atoms with Crippen LogP contribution in [0.15, 0.2) is 0 Å². The van der Waals surface area contributed by atoms with Crippen LogP contribution in [0.4, 0.5) is 0 Å². The van der Waals surface area contributed by atoms with Crippen molar-refractivity contribution in [3.63, 3.8) is 0 Å². The average molecular weight is 192 g/mol. The highest BCUT2D eigenvalue weighted by Crippen LogP contribution is 2.05. The molecular formula is C7H12O2S2. The Kier molecular flexibility index (Phi) is 6.36. The Hall–Kier alpha value is -0.220. The molecule has 1 unspecified atom stereocenters. The zero-order valence-corrected chi connectivity index (χ0v) is 8.28. The van der Waals surface area contributed by atoms with E-state index in [0.717, 1.165) is 0 Å². The van der Waals surface area contributed by atoms with Crippen LogP contribution in [0.3, 0.4) is 0 Å². The minimum Gasteiger partial charge on any atom is -0.486 e. The summed E-state index contributed by atoms with van der Waals surface area (Å²) < 4.78 is 10.0. The number of hydrogen-bond acceptors (Lipinski definition) is 4. The minimum absolute atomic E-state index is 0.00620. The minimum atomic E-state index is 0.00620. The van der Waals surface area contributed by atoms with E-state index >= 15 is 0 Å². The molecule has 0 radical (unpaired) electrons. The molecule has 0 amide bonds. The Morgan fingerprint density at radius 2 is 1.91 bits per heavy atom. The van der Waals surface area contributed by atoms with Gasteiger partial charge in [0.25, 0.3) is 0 Å². The van der Waals surface area contributed by atoms with Crippen molar-refractivity contribution in [1.29, 1.82) is 0 Å². The first-order valence-electron chi connectivity index (χ1n) is 3.36. The lowest BCUT2D eigenvalue weighted by molar-refractivity contribution is 0.0900. The Bertz CT molecular complexity index is 126. The van der Waals surface area contributed by atoms with Crippen LogP contribution in [0.25, 0.3) is 0 Å². The molecule has 0 spiro atoms. The van der Waals surface area contributed by atoms with Crippen molar-refractivity contribution in [3.05, 3.63) is 0 Å². The van der Waals surface area contributed by atoms with Crippen LogP contribution in [-0.4, -0.2) is 23.8 Å². The maximum Gasteiger partial charge on any atom is 0.146 e. The van der Waals surface area contributed by atoms with E-state index in [9.17, 15) is 0 Å². The van der Waals surface area contributed by atoms with Gasteiger partial charge < -0.3 is 9.47 Å². The van der Waals surface area contributed by atoms with E-state index in [-0.39, 0.29) is 6.10 Å². The largest absolute Gasteiger partial charge is 0.486 e. The van der Waals surface area contributed by atoms with Crippen LogP contribution in [-0.2, 0) is 9.47 Å². The molecule has 11 heavy (non-hydrogen) atoms. The van der Waals surface area contributed by atoms with Crippen LogP contribution in [0, 0.1) is 5.92 Å². The summed E-state index contributed by atoms with van der Waals surface area (Å²) in [7, 11) is 0. The van der Waals surface area contributed by atoms with Gasteiger partial charge in [-0.3, -0.25) is 0 Å². The summed E-state index contributed by atoms with van der Waals surface area (Å²) in [5.41, 5.74) is 2.50. The van der Waals surface area contributed by atoms with E-state index in [2.05, 4.69) is 24.4 Å². The van der Waals surface area contributed by atoms with E-state index in [1.165, 1.54) is 11.1 Å². The summed E-state index contributed by atoms with van der Waals surface area (Å²) in [6.45, 7) is 4.54. The highest BCUT2D eigenvalue weighted by Gasteiger charge is 2.12. The second kappa shape index (κ2) is 6.49. The molecule has 0 rings (SSSR count). The summed E-state index contributed by atoms with van der Waals surface area (Å²) in [6.07, 6.45) is 0.00620. The maximum atomic E-state index is 5.10. The summed E-state index contributed by atoms with van der Waals surface area (Å²) in [4.78, 5) is 0. The smallest absolute Gasteiger partial charge is 0.146 e. The van der Waals surface area contributed by atoms with Crippen molar-refractivity contribution in [3.8, 4) is 0 Å². The molecule has 0 fully saturated rings. The van der Waals surface area contributed by atoms with Gasteiger partial charge in [0.1, 0.15) is 23.8 Å². The van der Waals surface area contributed by atoms with Gasteiger partial charge in [-0.05, 0) is 30.4 Å². The lowest BCUT2D eigenvalue weighted by Crippen LogP contribution is -2.24. The fourth-order valence-electron chi connectivity index (χ4n) is 0.594. The lowest BCUT2D eigenvalue weighted by atomic mass is 10.1. The molecule has 0 aliphatic rings. The van der Waals surface area contributed by atoms with E-state index in [1.807, 2.05) is 13.8 Å². The van der Waals surface area contributed by atoms with Gasteiger partial charge in [0.05, 0.1) is 0 Å². The van der Waals surface area contributed by atoms with Crippen LogP contribution in [0.5, 0.6) is 0 Å². The molecule has 0 aliphatic carbocycles. The molecule has 1 atom stereocenters. The number of hydrogen-bond donors (Lipinski definition) is 0. The average Bonchev–Trinajstić information content (AvgIpc) is 1.97. The van der Waals surface area contributed by atoms with Crippen molar-refractivity contribution in [2.45, 2.75) is 20.0 Å². The van der Waals surface area contributed by atoms with E-state index in [4.69, 9.17) is 9.47 Å². The first-order chi connectivity index (χ1) is 5.22. The molecule has 0 aromatic carbocycles. The predicted molar refractivity (Wildman–Crippen MR) is 53.0 cm³/mol. The van der Waals surface area contributed by atoms with E-state index in [1.54, 1.807) is 0 Å². The SMILES string of the molecule is CC(C)C(COC=S)OC=S. The molecule has 0 aromatic rings. The van der Waals surface area contributed by atoms with Gasteiger partial charge in [-0.25, -0.2) is 0 Å². The van der Waals surface area contributed by atoms with Crippen LogP contribution < -0.4 is 0 Å².